The number of carboxylic acids is 1. The lowest BCUT2D eigenvalue weighted by atomic mass is 9.87. The number of carbonyl (C=O) groups is 2. The van der Waals surface area contributed by atoms with Crippen LogP contribution in [-0.4, -0.2) is 46.3 Å². The van der Waals surface area contributed by atoms with Crippen molar-refractivity contribution in [2.75, 3.05) is 0 Å². The third-order valence-electron chi connectivity index (χ3n) is 5.68. The van der Waals surface area contributed by atoms with Crippen molar-refractivity contribution in [2.24, 2.45) is 0 Å². The molecule has 1 amide bonds. The smallest absolute Gasteiger partial charge is 0.331 e. The van der Waals surface area contributed by atoms with Crippen molar-refractivity contribution in [3.8, 4) is 0 Å². The van der Waals surface area contributed by atoms with E-state index in [2.05, 4.69) is 21.7 Å². The Morgan fingerprint density at radius 1 is 1.27 bits per heavy atom. The van der Waals surface area contributed by atoms with E-state index in [0.717, 1.165) is 29.3 Å². The van der Waals surface area contributed by atoms with Crippen LogP contribution in [0.3, 0.4) is 0 Å². The number of ether oxygens (including phenoxy) is 1. The summed E-state index contributed by atoms with van der Waals surface area (Å²) in [6, 6.07) is 7.58. The molecule has 162 valence electrons. The Labute approximate surface area is 176 Å². The van der Waals surface area contributed by atoms with Crippen molar-refractivity contribution >= 4 is 22.8 Å². The predicted molar refractivity (Wildman–Crippen MR) is 116 cm³/mol. The van der Waals surface area contributed by atoms with Crippen LogP contribution in [0.15, 0.2) is 42.1 Å². The highest BCUT2D eigenvalue weighted by atomic mass is 16.5. The molecular weight excluding hydrogens is 382 g/mol. The van der Waals surface area contributed by atoms with Gasteiger partial charge in [0.25, 0.3) is 0 Å². The Morgan fingerprint density at radius 3 is 2.70 bits per heavy atom. The van der Waals surface area contributed by atoms with E-state index in [9.17, 15) is 14.7 Å². The van der Waals surface area contributed by atoms with Gasteiger partial charge in [0.1, 0.15) is 0 Å². The molecule has 1 aliphatic rings. The van der Waals surface area contributed by atoms with E-state index in [-0.39, 0.29) is 24.1 Å². The third-order valence-corrected chi connectivity index (χ3v) is 5.68. The highest BCUT2D eigenvalue weighted by Gasteiger charge is 2.37. The summed E-state index contributed by atoms with van der Waals surface area (Å²) < 4.78 is 6.21. The highest BCUT2D eigenvalue weighted by molar-refractivity contribution is 5.87. The number of amides is 1. The molecule has 0 unspecified atom stereocenters. The predicted octanol–water partition coefficient (Wildman–Crippen LogP) is 3.12. The van der Waals surface area contributed by atoms with Crippen LogP contribution in [0, 0.1) is 0 Å². The molecule has 2 aromatic rings. The van der Waals surface area contributed by atoms with Crippen LogP contribution in [0.25, 0.3) is 10.9 Å². The molecule has 7 nitrogen and oxygen atoms in total. The second-order valence-corrected chi connectivity index (χ2v) is 7.85. The van der Waals surface area contributed by atoms with E-state index in [4.69, 9.17) is 4.74 Å². The molecule has 0 saturated carbocycles. The molecule has 1 aliphatic carbocycles. The standard InChI is InChI=1S/C23H31N3O4/c1-4-18(5-2)30-21-12-17(23(28)29)11-20(22(21)26-14(3)27)25-13-15-6-7-19-16(10-15)8-9-24-19/h6-10,12,18,20-22,24-25H,4-5,11,13H2,1-3H3,(H,26,27)(H,28,29)/t20-,21+,22+/m0/s1. The molecule has 0 saturated heterocycles. The minimum atomic E-state index is -0.949. The summed E-state index contributed by atoms with van der Waals surface area (Å²) in [6.07, 6.45) is 5.03. The first-order chi connectivity index (χ1) is 14.4. The van der Waals surface area contributed by atoms with E-state index in [1.54, 1.807) is 6.08 Å². The van der Waals surface area contributed by atoms with Crippen LogP contribution in [0.5, 0.6) is 0 Å². The van der Waals surface area contributed by atoms with Crippen molar-refractivity contribution in [1.82, 2.24) is 15.6 Å². The van der Waals surface area contributed by atoms with Crippen LogP contribution in [0.1, 0.15) is 45.6 Å². The van der Waals surface area contributed by atoms with E-state index < -0.39 is 12.1 Å². The maximum Gasteiger partial charge on any atom is 0.331 e. The molecule has 30 heavy (non-hydrogen) atoms. The average Bonchev–Trinajstić information content (AvgIpc) is 3.19. The Morgan fingerprint density at radius 2 is 2.03 bits per heavy atom. The lowest BCUT2D eigenvalue weighted by Gasteiger charge is -2.38. The van der Waals surface area contributed by atoms with E-state index in [1.165, 1.54) is 6.92 Å². The van der Waals surface area contributed by atoms with E-state index in [0.29, 0.717) is 18.5 Å². The molecule has 0 fully saturated rings. The fourth-order valence-corrected chi connectivity index (χ4v) is 4.03. The largest absolute Gasteiger partial charge is 0.478 e. The lowest BCUT2D eigenvalue weighted by molar-refractivity contribution is -0.133. The van der Waals surface area contributed by atoms with Gasteiger partial charge >= 0.3 is 5.97 Å². The SMILES string of the molecule is CCC(CC)O[C@@H]1C=C(C(=O)O)C[C@H](NCc2ccc3[nH]ccc3c2)[C@H]1NC(C)=O. The van der Waals surface area contributed by atoms with Gasteiger partial charge in [-0.1, -0.05) is 19.9 Å². The minimum Gasteiger partial charge on any atom is -0.478 e. The number of nitrogens with one attached hydrogen (secondary N) is 3. The molecule has 0 bridgehead atoms. The lowest BCUT2D eigenvalue weighted by Crippen LogP contribution is -2.58. The second kappa shape index (κ2) is 9.91. The van der Waals surface area contributed by atoms with Crippen molar-refractivity contribution in [1.29, 1.82) is 0 Å². The van der Waals surface area contributed by atoms with Gasteiger partial charge in [0.15, 0.2) is 0 Å². The van der Waals surface area contributed by atoms with E-state index in [1.807, 2.05) is 38.2 Å². The second-order valence-electron chi connectivity index (χ2n) is 7.85. The van der Waals surface area contributed by atoms with Crippen LogP contribution >= 0.6 is 0 Å². The number of hydrogen-bond acceptors (Lipinski definition) is 4. The van der Waals surface area contributed by atoms with Crippen LogP contribution < -0.4 is 10.6 Å². The molecule has 1 aromatic heterocycles. The first-order valence-electron chi connectivity index (χ1n) is 10.6. The Bertz CT molecular complexity index is 916. The zero-order valence-electron chi connectivity index (χ0n) is 17.8. The summed E-state index contributed by atoms with van der Waals surface area (Å²) in [5.74, 6) is -1.11. The fourth-order valence-electron chi connectivity index (χ4n) is 4.03. The van der Waals surface area contributed by atoms with Gasteiger partial charge in [-0.05, 0) is 54.5 Å². The summed E-state index contributed by atoms with van der Waals surface area (Å²) >= 11 is 0. The summed E-state index contributed by atoms with van der Waals surface area (Å²) in [6.45, 7) is 6.12. The van der Waals surface area contributed by atoms with E-state index >= 15 is 0 Å². The van der Waals surface area contributed by atoms with Crippen LogP contribution in [0.2, 0.25) is 0 Å². The van der Waals surface area contributed by atoms with Gasteiger partial charge in [-0.3, -0.25) is 4.79 Å². The van der Waals surface area contributed by atoms with Crippen molar-refractivity contribution in [2.45, 2.75) is 70.9 Å². The molecule has 0 spiro atoms. The molecule has 4 N–H and O–H groups in total. The molecule has 3 rings (SSSR count). The zero-order chi connectivity index (χ0) is 21.7. The molecule has 0 radical (unpaired) electrons. The van der Waals surface area contributed by atoms with Gasteiger partial charge < -0.3 is 25.5 Å². The van der Waals surface area contributed by atoms with Gasteiger partial charge in [0.2, 0.25) is 5.91 Å². The molecule has 1 heterocycles. The third kappa shape index (κ3) is 5.29. The Hall–Kier alpha value is -2.64. The summed E-state index contributed by atoms with van der Waals surface area (Å²) in [5.41, 5.74) is 2.47. The number of aliphatic carboxylic acids is 1. The number of aromatic amines is 1. The minimum absolute atomic E-state index is 0.00676. The number of benzene rings is 1. The van der Waals surface area contributed by atoms with Gasteiger partial charge in [0, 0.05) is 36.8 Å². The zero-order valence-corrected chi connectivity index (χ0v) is 17.8. The van der Waals surface area contributed by atoms with Crippen LogP contribution in [-0.2, 0) is 20.9 Å². The molecule has 3 atom stereocenters. The average molecular weight is 414 g/mol. The number of fused-ring (bicyclic) bond motifs is 1. The van der Waals surface area contributed by atoms with Gasteiger partial charge in [-0.2, -0.15) is 0 Å². The van der Waals surface area contributed by atoms with Crippen molar-refractivity contribution in [3.05, 3.63) is 47.7 Å². The molecular formula is C23H31N3O4. The number of carboxylic acid groups (broad SMARTS) is 1. The number of rotatable bonds is 9. The number of H-pyrrole nitrogens is 1. The topological polar surface area (TPSA) is 103 Å². The quantitative estimate of drug-likeness (QED) is 0.506. The monoisotopic (exact) mass is 413 g/mol. The summed E-state index contributed by atoms with van der Waals surface area (Å²) in [5, 5.41) is 17.2. The van der Waals surface area contributed by atoms with Crippen molar-refractivity contribution in [3.63, 3.8) is 0 Å². The van der Waals surface area contributed by atoms with Crippen LogP contribution in [0.4, 0.5) is 0 Å². The maximum atomic E-state index is 11.9. The van der Waals surface area contributed by atoms with Gasteiger partial charge in [-0.25, -0.2) is 4.79 Å². The first-order valence-corrected chi connectivity index (χ1v) is 10.6. The molecule has 0 aliphatic heterocycles. The number of hydrogen-bond donors (Lipinski definition) is 4. The van der Waals surface area contributed by atoms with Crippen molar-refractivity contribution < 1.29 is 19.4 Å². The summed E-state index contributed by atoms with van der Waals surface area (Å²) in [4.78, 5) is 26.8. The number of carbonyl (C=O) groups excluding carboxylic acids is 1. The Balaban J connectivity index is 1.82. The summed E-state index contributed by atoms with van der Waals surface area (Å²) in [7, 11) is 0. The normalized spacial score (nSPS) is 21.6. The molecule has 7 heteroatoms. The highest BCUT2D eigenvalue weighted by Crippen LogP contribution is 2.25. The number of aromatic nitrogens is 1. The molecule has 1 aromatic carbocycles. The van der Waals surface area contributed by atoms with Gasteiger partial charge in [-0.15, -0.1) is 0 Å². The van der Waals surface area contributed by atoms with Gasteiger partial charge in [0.05, 0.1) is 18.2 Å². The first kappa shape index (κ1) is 22.1. The maximum absolute atomic E-state index is 11.9. The Kier molecular flexibility index (Phi) is 7.29. The fraction of sp³-hybridized carbons (Fsp3) is 0.478.